The zero-order valence-electron chi connectivity index (χ0n) is 16.7. The quantitative estimate of drug-likeness (QED) is 0.524. The second-order valence-electron chi connectivity index (χ2n) is 7.97. The Kier molecular flexibility index (Phi) is 5.73. The summed E-state index contributed by atoms with van der Waals surface area (Å²) in [5.74, 6) is -0.220. The maximum absolute atomic E-state index is 12.9. The number of aromatic hydroxyl groups is 2. The van der Waals surface area contributed by atoms with Crippen LogP contribution in [-0.2, 0) is 10.2 Å². The van der Waals surface area contributed by atoms with Crippen molar-refractivity contribution < 1.29 is 15.0 Å². The molecule has 0 amide bonds. The van der Waals surface area contributed by atoms with E-state index in [9.17, 15) is 15.0 Å². The summed E-state index contributed by atoms with van der Waals surface area (Å²) in [5, 5.41) is 20.5. The van der Waals surface area contributed by atoms with Crippen molar-refractivity contribution in [1.82, 2.24) is 0 Å². The molecule has 0 saturated carbocycles. The topological polar surface area (TPSA) is 57.5 Å². The third kappa shape index (κ3) is 3.49. The Morgan fingerprint density at radius 3 is 2.46 bits per heavy atom. The Morgan fingerprint density at radius 2 is 1.86 bits per heavy atom. The van der Waals surface area contributed by atoms with Crippen LogP contribution < -0.4 is 0 Å². The van der Waals surface area contributed by atoms with Crippen molar-refractivity contribution in [2.24, 2.45) is 5.92 Å². The molecule has 3 rings (SSSR count). The fourth-order valence-electron chi connectivity index (χ4n) is 4.58. The van der Waals surface area contributed by atoms with E-state index in [2.05, 4.69) is 32.9 Å². The van der Waals surface area contributed by atoms with Gasteiger partial charge in [-0.3, -0.25) is 0 Å². The molecule has 0 heterocycles. The number of benzene rings is 2. The lowest BCUT2D eigenvalue weighted by atomic mass is 9.55. The Bertz CT molecular complexity index is 907. The van der Waals surface area contributed by atoms with E-state index in [4.69, 9.17) is 0 Å². The number of hydrogen-bond acceptors (Lipinski definition) is 3. The van der Waals surface area contributed by atoms with Crippen LogP contribution in [0.4, 0.5) is 0 Å². The molecule has 1 aliphatic rings. The number of phenolic OH excluding ortho intramolecular Hbond substituents is 2. The number of hydrogen-bond donors (Lipinski definition) is 2. The maximum atomic E-state index is 12.9. The van der Waals surface area contributed by atoms with E-state index in [-0.39, 0.29) is 23.3 Å². The van der Waals surface area contributed by atoms with Crippen molar-refractivity contribution in [2.75, 3.05) is 0 Å². The summed E-state index contributed by atoms with van der Waals surface area (Å²) in [7, 11) is 0. The van der Waals surface area contributed by atoms with Crippen LogP contribution in [0.3, 0.4) is 0 Å². The fourth-order valence-corrected chi connectivity index (χ4v) is 4.58. The summed E-state index contributed by atoms with van der Waals surface area (Å²) in [6.07, 6.45) is 6.84. The third-order valence-electron chi connectivity index (χ3n) is 5.98. The summed E-state index contributed by atoms with van der Waals surface area (Å²) in [6, 6.07) is 14.6. The van der Waals surface area contributed by atoms with Crippen molar-refractivity contribution in [2.45, 2.75) is 44.9 Å². The molecule has 0 spiro atoms. The van der Waals surface area contributed by atoms with Gasteiger partial charge >= 0.3 is 0 Å². The smallest absolute Gasteiger partial charge is 0.131 e. The minimum Gasteiger partial charge on any atom is -0.508 e. The predicted octanol–water partition coefficient (Wildman–Crippen LogP) is 5.64. The highest BCUT2D eigenvalue weighted by Crippen LogP contribution is 2.54. The Morgan fingerprint density at radius 1 is 1.14 bits per heavy atom. The third-order valence-corrected chi connectivity index (χ3v) is 5.98. The van der Waals surface area contributed by atoms with E-state index in [0.29, 0.717) is 12.0 Å². The first kappa shape index (κ1) is 19.9. The number of phenols is 2. The Labute approximate surface area is 167 Å². The van der Waals surface area contributed by atoms with Crippen LogP contribution in [0.1, 0.15) is 50.7 Å². The van der Waals surface area contributed by atoms with E-state index in [0.717, 1.165) is 23.8 Å². The summed E-state index contributed by atoms with van der Waals surface area (Å²) in [6.45, 7) is 6.18. The molecule has 0 aromatic heterocycles. The second kappa shape index (κ2) is 8.05. The van der Waals surface area contributed by atoms with Gasteiger partial charge in [0.05, 0.1) is 5.41 Å². The van der Waals surface area contributed by atoms with Gasteiger partial charge in [0.2, 0.25) is 0 Å². The van der Waals surface area contributed by atoms with E-state index in [1.807, 2.05) is 30.3 Å². The maximum Gasteiger partial charge on any atom is 0.131 e. The van der Waals surface area contributed by atoms with Gasteiger partial charge in [-0.1, -0.05) is 59.7 Å². The number of aldehydes is 1. The minimum atomic E-state index is -0.913. The van der Waals surface area contributed by atoms with Gasteiger partial charge < -0.3 is 15.0 Å². The van der Waals surface area contributed by atoms with Crippen LogP contribution in [0.5, 0.6) is 11.5 Å². The summed E-state index contributed by atoms with van der Waals surface area (Å²) in [4.78, 5) is 12.9. The first-order chi connectivity index (χ1) is 13.4. The summed E-state index contributed by atoms with van der Waals surface area (Å²) in [5.41, 5.74) is 3.10. The molecule has 0 aliphatic heterocycles. The number of carbonyl (C=O) groups is 1. The molecule has 28 heavy (non-hydrogen) atoms. The fraction of sp³-hybridized carbons (Fsp3) is 0.320. The van der Waals surface area contributed by atoms with Gasteiger partial charge in [-0.15, -0.1) is 0 Å². The van der Waals surface area contributed by atoms with Gasteiger partial charge in [0.15, 0.2) is 0 Å². The van der Waals surface area contributed by atoms with Gasteiger partial charge in [0.1, 0.15) is 17.8 Å². The summed E-state index contributed by atoms with van der Waals surface area (Å²) >= 11 is 0. The van der Waals surface area contributed by atoms with Gasteiger partial charge in [0.25, 0.3) is 0 Å². The number of rotatable bonds is 5. The minimum absolute atomic E-state index is 0.0116. The summed E-state index contributed by atoms with van der Waals surface area (Å²) < 4.78 is 0. The molecule has 2 N–H and O–H groups in total. The molecular formula is C25H28O3. The van der Waals surface area contributed by atoms with Crippen LogP contribution in [0, 0.1) is 5.92 Å². The van der Waals surface area contributed by atoms with Crippen molar-refractivity contribution in [3.8, 4) is 11.5 Å². The Hall–Kier alpha value is -2.81. The van der Waals surface area contributed by atoms with E-state index < -0.39 is 5.41 Å². The van der Waals surface area contributed by atoms with E-state index in [1.54, 1.807) is 12.1 Å². The lowest BCUT2D eigenvalue weighted by molar-refractivity contribution is -0.115. The predicted molar refractivity (Wildman–Crippen MR) is 113 cm³/mol. The zero-order valence-corrected chi connectivity index (χ0v) is 16.7. The molecule has 0 bridgehead atoms. The van der Waals surface area contributed by atoms with Gasteiger partial charge in [-0.2, -0.15) is 0 Å². The highest BCUT2D eigenvalue weighted by molar-refractivity contribution is 5.76. The molecule has 0 fully saturated rings. The highest BCUT2D eigenvalue weighted by Gasteiger charge is 2.50. The van der Waals surface area contributed by atoms with Crippen molar-refractivity contribution in [3.63, 3.8) is 0 Å². The molecule has 3 heteroatoms. The lowest BCUT2D eigenvalue weighted by Gasteiger charge is -2.46. The molecule has 3 nitrogen and oxygen atoms in total. The average molecular weight is 376 g/mol. The van der Waals surface area contributed by atoms with Gasteiger partial charge in [0, 0.05) is 23.5 Å². The number of allylic oxidation sites excluding steroid dienone is 4. The van der Waals surface area contributed by atoms with Crippen molar-refractivity contribution >= 4 is 6.29 Å². The monoisotopic (exact) mass is 376 g/mol. The normalized spacial score (nSPS) is 24.3. The number of carbonyl (C=O) groups excluding carboxylic acids is 1. The lowest BCUT2D eigenvalue weighted by Crippen LogP contribution is -2.45. The van der Waals surface area contributed by atoms with Crippen molar-refractivity contribution in [1.29, 1.82) is 0 Å². The van der Waals surface area contributed by atoms with Crippen LogP contribution in [-0.4, -0.2) is 16.5 Å². The second-order valence-corrected chi connectivity index (χ2v) is 7.97. The molecular weight excluding hydrogens is 348 g/mol. The van der Waals surface area contributed by atoms with Crippen molar-refractivity contribution in [3.05, 3.63) is 83.0 Å². The molecule has 1 aliphatic carbocycles. The van der Waals surface area contributed by atoms with E-state index in [1.165, 1.54) is 11.6 Å². The standard InChI is InChI=1S/C25H28O3/c1-17(2)9-12-21-18(3)10-13-22(19-7-5-4-6-8-19)25(21,16-26)23-14-11-20(27)15-24(23)28/h4-11,14-16,21-22,27-28H,12-13H2,1-3H3. The molecule has 3 unspecified atom stereocenters. The molecule has 146 valence electrons. The largest absolute Gasteiger partial charge is 0.508 e. The van der Waals surface area contributed by atoms with Gasteiger partial charge in [-0.25, -0.2) is 0 Å². The van der Waals surface area contributed by atoms with Crippen LogP contribution in [0.25, 0.3) is 0 Å². The highest BCUT2D eigenvalue weighted by atomic mass is 16.3. The molecule has 0 saturated heterocycles. The molecule has 2 aromatic carbocycles. The van der Waals surface area contributed by atoms with E-state index >= 15 is 0 Å². The molecule has 2 aromatic rings. The molecule has 3 atom stereocenters. The molecule has 0 radical (unpaired) electrons. The Balaban J connectivity index is 2.28. The van der Waals surface area contributed by atoms with Crippen LogP contribution in [0.15, 0.2) is 71.8 Å². The average Bonchev–Trinajstić information content (AvgIpc) is 2.67. The van der Waals surface area contributed by atoms with Crippen LogP contribution in [0.2, 0.25) is 0 Å². The zero-order chi connectivity index (χ0) is 20.3. The van der Waals surface area contributed by atoms with Gasteiger partial charge in [-0.05, 0) is 45.2 Å². The first-order valence-corrected chi connectivity index (χ1v) is 9.74. The SMILES string of the molecule is CC(C)=CCC1C(C)=CCC(c2ccccc2)C1(C=O)c1ccc(O)cc1O. The first-order valence-electron chi connectivity index (χ1n) is 9.74. The van der Waals surface area contributed by atoms with Crippen LogP contribution >= 0.6 is 0 Å².